The van der Waals surface area contributed by atoms with Crippen molar-refractivity contribution in [3.63, 3.8) is 0 Å². The van der Waals surface area contributed by atoms with Crippen molar-refractivity contribution in [2.24, 2.45) is 0 Å². The lowest BCUT2D eigenvalue weighted by Crippen LogP contribution is -2.43. The fraction of sp³-hybridized carbons (Fsp3) is 1.00. The standard InChI is InChI=1S/C10H16N2O5/c13-12(14)17-8-6-16-9-7(5-15-10(8)9)11-3-1-2-4-11/h7-10H,1-6H2/t7-,8-,9+,10+/m0/s1. The van der Waals surface area contributed by atoms with Crippen molar-refractivity contribution in [3.05, 3.63) is 10.1 Å². The predicted molar refractivity (Wildman–Crippen MR) is 55.9 cm³/mol. The van der Waals surface area contributed by atoms with Crippen LogP contribution in [0.1, 0.15) is 12.8 Å². The predicted octanol–water partition coefficient (Wildman–Crippen LogP) is -0.175. The number of fused-ring (bicyclic) bond motifs is 1. The van der Waals surface area contributed by atoms with Crippen LogP contribution in [0.4, 0.5) is 0 Å². The zero-order valence-corrected chi connectivity index (χ0v) is 9.49. The average Bonchev–Trinajstić information content (AvgIpc) is 2.94. The Morgan fingerprint density at radius 1 is 1.18 bits per heavy atom. The van der Waals surface area contributed by atoms with Crippen LogP contribution >= 0.6 is 0 Å². The summed E-state index contributed by atoms with van der Waals surface area (Å²) in [5.41, 5.74) is 0. The van der Waals surface area contributed by atoms with Gasteiger partial charge in [-0.2, -0.15) is 0 Å². The number of rotatable bonds is 3. The molecule has 0 spiro atoms. The lowest BCUT2D eigenvalue weighted by Gasteiger charge is -2.26. The molecule has 0 aromatic heterocycles. The van der Waals surface area contributed by atoms with Gasteiger partial charge in [0, 0.05) is 0 Å². The van der Waals surface area contributed by atoms with E-state index in [1.54, 1.807) is 0 Å². The maximum absolute atomic E-state index is 10.3. The van der Waals surface area contributed by atoms with E-state index in [1.807, 2.05) is 0 Å². The van der Waals surface area contributed by atoms with Crippen LogP contribution in [0.15, 0.2) is 0 Å². The first-order chi connectivity index (χ1) is 8.25. The van der Waals surface area contributed by atoms with Crippen molar-refractivity contribution in [1.29, 1.82) is 0 Å². The summed E-state index contributed by atoms with van der Waals surface area (Å²) in [6, 6.07) is 0.239. The maximum atomic E-state index is 10.3. The Morgan fingerprint density at radius 2 is 1.88 bits per heavy atom. The van der Waals surface area contributed by atoms with Gasteiger partial charge in [0.2, 0.25) is 0 Å². The first-order valence-corrected chi connectivity index (χ1v) is 6.04. The number of hydrogen-bond donors (Lipinski definition) is 0. The molecule has 0 bridgehead atoms. The number of nitrogens with zero attached hydrogens (tertiary/aromatic N) is 2. The highest BCUT2D eigenvalue weighted by atomic mass is 17.0. The lowest BCUT2D eigenvalue weighted by molar-refractivity contribution is -0.769. The second kappa shape index (κ2) is 4.40. The van der Waals surface area contributed by atoms with E-state index in [1.165, 1.54) is 12.8 Å². The minimum absolute atomic E-state index is 0.0713. The molecule has 3 rings (SSSR count). The van der Waals surface area contributed by atoms with Gasteiger partial charge >= 0.3 is 0 Å². The zero-order chi connectivity index (χ0) is 11.8. The van der Waals surface area contributed by atoms with E-state index in [0.29, 0.717) is 6.61 Å². The smallest absolute Gasteiger partial charge is 0.294 e. The molecule has 7 nitrogen and oxygen atoms in total. The Balaban J connectivity index is 1.64. The highest BCUT2D eigenvalue weighted by molar-refractivity contribution is 4.99. The molecule has 0 aromatic rings. The second-order valence-electron chi connectivity index (χ2n) is 4.77. The summed E-state index contributed by atoms with van der Waals surface area (Å²) < 4.78 is 11.2. The molecule has 17 heavy (non-hydrogen) atoms. The topological polar surface area (TPSA) is 74.1 Å². The van der Waals surface area contributed by atoms with Gasteiger partial charge in [-0.25, -0.2) is 0 Å². The highest BCUT2D eigenvalue weighted by Gasteiger charge is 2.51. The van der Waals surface area contributed by atoms with Gasteiger partial charge in [0.1, 0.15) is 12.2 Å². The fourth-order valence-electron chi connectivity index (χ4n) is 3.03. The molecule has 3 fully saturated rings. The van der Waals surface area contributed by atoms with Crippen LogP contribution in [0.2, 0.25) is 0 Å². The summed E-state index contributed by atoms with van der Waals surface area (Å²) in [6.07, 6.45) is 1.50. The summed E-state index contributed by atoms with van der Waals surface area (Å²) >= 11 is 0. The molecule has 3 aliphatic heterocycles. The molecule has 0 aromatic carbocycles. The lowest BCUT2D eigenvalue weighted by atomic mass is 10.1. The van der Waals surface area contributed by atoms with Crippen LogP contribution in [-0.2, 0) is 14.3 Å². The van der Waals surface area contributed by atoms with E-state index in [-0.39, 0.29) is 24.9 Å². The summed E-state index contributed by atoms with van der Waals surface area (Å²) in [6.45, 7) is 2.98. The molecule has 7 heteroatoms. The maximum Gasteiger partial charge on any atom is 0.294 e. The van der Waals surface area contributed by atoms with E-state index in [9.17, 15) is 10.1 Å². The van der Waals surface area contributed by atoms with Gasteiger partial charge in [0.05, 0.1) is 19.3 Å². The minimum Gasteiger partial charge on any atom is -0.371 e. The van der Waals surface area contributed by atoms with Crippen LogP contribution < -0.4 is 0 Å². The third-order valence-corrected chi connectivity index (χ3v) is 3.81. The van der Waals surface area contributed by atoms with Gasteiger partial charge in [-0.05, 0) is 25.9 Å². The van der Waals surface area contributed by atoms with Gasteiger partial charge < -0.3 is 14.3 Å². The molecule has 0 radical (unpaired) electrons. The first kappa shape index (κ1) is 11.2. The van der Waals surface area contributed by atoms with Crippen LogP contribution in [-0.4, -0.2) is 60.6 Å². The normalized spacial score (nSPS) is 41.6. The van der Waals surface area contributed by atoms with Crippen molar-refractivity contribution in [3.8, 4) is 0 Å². The Labute approximate surface area is 98.7 Å². The number of likely N-dealkylation sites (tertiary alicyclic amines) is 1. The molecular formula is C10H16N2O5. The van der Waals surface area contributed by atoms with Crippen LogP contribution in [0.3, 0.4) is 0 Å². The van der Waals surface area contributed by atoms with Crippen molar-refractivity contribution in [1.82, 2.24) is 4.90 Å². The Kier molecular flexibility index (Phi) is 2.89. The largest absolute Gasteiger partial charge is 0.371 e. The molecule has 3 heterocycles. The number of hydrogen-bond acceptors (Lipinski definition) is 6. The second-order valence-corrected chi connectivity index (χ2v) is 4.77. The third kappa shape index (κ3) is 1.98. The molecule has 96 valence electrons. The minimum atomic E-state index is -0.761. The van der Waals surface area contributed by atoms with E-state index < -0.39 is 11.2 Å². The van der Waals surface area contributed by atoms with Crippen molar-refractivity contribution < 1.29 is 19.4 Å². The van der Waals surface area contributed by atoms with E-state index in [4.69, 9.17) is 9.47 Å². The third-order valence-electron chi connectivity index (χ3n) is 3.81. The Morgan fingerprint density at radius 3 is 2.59 bits per heavy atom. The van der Waals surface area contributed by atoms with Gasteiger partial charge in [0.15, 0.2) is 6.10 Å². The molecular weight excluding hydrogens is 228 g/mol. The Hall–Kier alpha value is -0.920. The van der Waals surface area contributed by atoms with Crippen molar-refractivity contribution in [2.75, 3.05) is 26.3 Å². The highest BCUT2D eigenvalue weighted by Crippen LogP contribution is 2.32. The summed E-state index contributed by atoms with van der Waals surface area (Å²) in [5.74, 6) is 0. The van der Waals surface area contributed by atoms with Gasteiger partial charge in [-0.15, -0.1) is 10.1 Å². The van der Waals surface area contributed by atoms with Crippen LogP contribution in [0, 0.1) is 10.1 Å². The monoisotopic (exact) mass is 244 g/mol. The van der Waals surface area contributed by atoms with Gasteiger partial charge in [0.25, 0.3) is 5.09 Å². The molecule has 0 unspecified atom stereocenters. The average molecular weight is 244 g/mol. The van der Waals surface area contributed by atoms with E-state index in [0.717, 1.165) is 13.1 Å². The SMILES string of the molecule is O=[N+]([O-])O[C@H]1CO[C@H]2[C@@H]1OC[C@@H]2N1CCCC1. The summed E-state index contributed by atoms with van der Waals surface area (Å²) in [7, 11) is 0. The molecule has 3 aliphatic rings. The van der Waals surface area contributed by atoms with Gasteiger partial charge in [-0.1, -0.05) is 0 Å². The Bertz CT molecular complexity index is 307. The number of ether oxygens (including phenoxy) is 2. The van der Waals surface area contributed by atoms with Crippen molar-refractivity contribution >= 4 is 0 Å². The molecule has 0 N–H and O–H groups in total. The molecule has 4 atom stereocenters. The fourth-order valence-corrected chi connectivity index (χ4v) is 3.03. The van der Waals surface area contributed by atoms with E-state index >= 15 is 0 Å². The quantitative estimate of drug-likeness (QED) is 0.506. The summed E-state index contributed by atoms with van der Waals surface area (Å²) in [5, 5.41) is 9.58. The summed E-state index contributed by atoms with van der Waals surface area (Å²) in [4.78, 5) is 17.3. The zero-order valence-electron chi connectivity index (χ0n) is 9.49. The van der Waals surface area contributed by atoms with Crippen molar-refractivity contribution in [2.45, 2.75) is 37.2 Å². The first-order valence-electron chi connectivity index (χ1n) is 6.04. The van der Waals surface area contributed by atoms with Gasteiger partial charge in [-0.3, -0.25) is 4.90 Å². The van der Waals surface area contributed by atoms with Crippen LogP contribution in [0.25, 0.3) is 0 Å². The van der Waals surface area contributed by atoms with E-state index in [2.05, 4.69) is 9.74 Å². The molecule has 0 aliphatic carbocycles. The van der Waals surface area contributed by atoms with Crippen LogP contribution in [0.5, 0.6) is 0 Å². The molecule has 0 amide bonds. The molecule has 3 saturated heterocycles. The molecule has 0 saturated carbocycles.